The second-order valence-electron chi connectivity index (χ2n) is 7.29. The van der Waals surface area contributed by atoms with Crippen molar-refractivity contribution in [2.75, 3.05) is 0 Å². The van der Waals surface area contributed by atoms with Gasteiger partial charge >= 0.3 is 5.69 Å². The van der Waals surface area contributed by atoms with Crippen LogP contribution in [0.5, 0.6) is 0 Å². The van der Waals surface area contributed by atoms with Crippen LogP contribution in [0.25, 0.3) is 11.2 Å². The van der Waals surface area contributed by atoms with Crippen LogP contribution in [0.4, 0.5) is 0 Å². The van der Waals surface area contributed by atoms with Crippen LogP contribution in [0.1, 0.15) is 33.1 Å². The summed E-state index contributed by atoms with van der Waals surface area (Å²) in [5.74, 6) is 0.748. The molecule has 0 bridgehead atoms. The first-order valence-electron chi connectivity index (χ1n) is 8.83. The highest BCUT2D eigenvalue weighted by Gasteiger charge is 2.28. The van der Waals surface area contributed by atoms with Gasteiger partial charge in [0, 0.05) is 20.1 Å². The first-order valence-corrected chi connectivity index (χ1v) is 9.21. The van der Waals surface area contributed by atoms with E-state index in [1.807, 2.05) is 0 Å². The van der Waals surface area contributed by atoms with Gasteiger partial charge < -0.3 is 5.32 Å². The van der Waals surface area contributed by atoms with Gasteiger partial charge in [-0.15, -0.1) is 0 Å². The molecule has 1 fully saturated rings. The summed E-state index contributed by atoms with van der Waals surface area (Å²) in [6, 6.07) is 0.118. The summed E-state index contributed by atoms with van der Waals surface area (Å²) in [5, 5.41) is 3.08. The molecule has 0 unspecified atom stereocenters. The Morgan fingerprint density at radius 3 is 2.62 bits per heavy atom. The van der Waals surface area contributed by atoms with E-state index in [1.165, 1.54) is 29.7 Å². The maximum absolute atomic E-state index is 12.6. The van der Waals surface area contributed by atoms with Crippen molar-refractivity contribution < 1.29 is 4.79 Å². The second kappa shape index (κ2) is 6.90. The Kier molecular flexibility index (Phi) is 4.96. The Morgan fingerprint density at radius 1 is 1.23 bits per heavy atom. The summed E-state index contributed by atoms with van der Waals surface area (Å²) in [6.07, 6.45) is 3.22. The first kappa shape index (κ1) is 18.7. The van der Waals surface area contributed by atoms with Gasteiger partial charge in [0.05, 0.1) is 0 Å². The van der Waals surface area contributed by atoms with Crippen LogP contribution in [-0.4, -0.2) is 30.6 Å². The Hall–Kier alpha value is -2.09. The van der Waals surface area contributed by atoms with Crippen molar-refractivity contribution in [2.45, 2.75) is 45.7 Å². The number of aryl methyl sites for hydroxylation is 1. The van der Waals surface area contributed by atoms with Crippen LogP contribution < -0.4 is 16.6 Å². The molecule has 3 atom stereocenters. The third-order valence-corrected chi connectivity index (χ3v) is 5.94. The minimum atomic E-state index is -0.519. The molecule has 142 valence electrons. The lowest BCUT2D eigenvalue weighted by Crippen LogP contribution is -2.45. The van der Waals surface area contributed by atoms with Crippen LogP contribution in [0.15, 0.2) is 9.59 Å². The van der Waals surface area contributed by atoms with Gasteiger partial charge in [-0.1, -0.05) is 26.7 Å². The number of imidazole rings is 1. The Labute approximate surface area is 155 Å². The summed E-state index contributed by atoms with van der Waals surface area (Å²) in [7, 11) is 2.91. The number of carbonyl (C=O) groups is 1. The monoisotopic (exact) mass is 381 g/mol. The van der Waals surface area contributed by atoms with Crippen molar-refractivity contribution in [3.8, 4) is 0 Å². The van der Waals surface area contributed by atoms with E-state index in [2.05, 4.69) is 24.1 Å². The molecule has 1 amide bonds. The number of hydrogen-bond donors (Lipinski definition) is 1. The highest BCUT2D eigenvalue weighted by atomic mass is 35.5. The summed E-state index contributed by atoms with van der Waals surface area (Å²) in [4.78, 5) is 41.2. The number of nitrogens with zero attached hydrogens (tertiary/aromatic N) is 4. The zero-order chi connectivity index (χ0) is 19.2. The van der Waals surface area contributed by atoms with Crippen molar-refractivity contribution in [3.63, 3.8) is 0 Å². The SMILES string of the molecule is C[C@@H]1[C@@H](C)CCC[C@H]1NC(=O)Cn1c(Cl)nc2c1c(=O)n(C)c(=O)n2C. The Balaban J connectivity index is 1.92. The van der Waals surface area contributed by atoms with Crippen LogP contribution in [0, 0.1) is 11.8 Å². The predicted molar refractivity (Wildman–Crippen MR) is 99.3 cm³/mol. The molecule has 2 aromatic rings. The first-order chi connectivity index (χ1) is 12.2. The van der Waals surface area contributed by atoms with Gasteiger partial charge in [0.25, 0.3) is 5.56 Å². The lowest BCUT2D eigenvalue weighted by atomic mass is 9.78. The van der Waals surface area contributed by atoms with Gasteiger partial charge in [-0.2, -0.15) is 4.98 Å². The molecule has 0 spiro atoms. The van der Waals surface area contributed by atoms with Crippen molar-refractivity contribution in [1.82, 2.24) is 24.0 Å². The molecule has 1 N–H and O–H groups in total. The smallest absolute Gasteiger partial charge is 0.332 e. The lowest BCUT2D eigenvalue weighted by Gasteiger charge is -2.34. The minimum absolute atomic E-state index is 0.0125. The molecule has 2 heterocycles. The van der Waals surface area contributed by atoms with E-state index in [0.717, 1.165) is 17.4 Å². The molecule has 0 aliphatic heterocycles. The van der Waals surface area contributed by atoms with E-state index in [1.54, 1.807) is 0 Å². The molecule has 0 saturated heterocycles. The molecule has 1 aliphatic rings. The van der Waals surface area contributed by atoms with E-state index in [-0.39, 0.29) is 34.9 Å². The van der Waals surface area contributed by atoms with Gasteiger partial charge in [-0.3, -0.25) is 23.3 Å². The van der Waals surface area contributed by atoms with Gasteiger partial charge in [-0.05, 0) is 29.9 Å². The molecule has 1 aliphatic carbocycles. The largest absolute Gasteiger partial charge is 0.352 e. The zero-order valence-corrected chi connectivity index (χ0v) is 16.2. The van der Waals surface area contributed by atoms with Gasteiger partial charge in [0.1, 0.15) is 6.54 Å². The number of amides is 1. The maximum atomic E-state index is 12.6. The van der Waals surface area contributed by atoms with Crippen molar-refractivity contribution >= 4 is 28.7 Å². The topological polar surface area (TPSA) is 90.9 Å². The molecule has 26 heavy (non-hydrogen) atoms. The van der Waals surface area contributed by atoms with Crippen LogP contribution in [0.3, 0.4) is 0 Å². The molecule has 8 nitrogen and oxygen atoms in total. The fourth-order valence-corrected chi connectivity index (χ4v) is 3.97. The fraction of sp³-hybridized carbons (Fsp3) is 0.647. The van der Waals surface area contributed by atoms with E-state index in [0.29, 0.717) is 11.8 Å². The normalized spacial score (nSPS) is 23.3. The van der Waals surface area contributed by atoms with E-state index in [4.69, 9.17) is 11.6 Å². The molecule has 3 rings (SSSR count). The van der Waals surface area contributed by atoms with Gasteiger partial charge in [0.2, 0.25) is 11.2 Å². The third kappa shape index (κ3) is 3.06. The molecule has 0 radical (unpaired) electrons. The van der Waals surface area contributed by atoms with Gasteiger partial charge in [0.15, 0.2) is 11.2 Å². The highest BCUT2D eigenvalue weighted by Crippen LogP contribution is 2.29. The maximum Gasteiger partial charge on any atom is 0.332 e. The molecule has 9 heteroatoms. The van der Waals surface area contributed by atoms with Crippen LogP contribution in [-0.2, 0) is 25.4 Å². The number of halogens is 1. The molecular weight excluding hydrogens is 358 g/mol. The third-order valence-electron chi connectivity index (χ3n) is 5.66. The predicted octanol–water partition coefficient (Wildman–Crippen LogP) is 1.03. The minimum Gasteiger partial charge on any atom is -0.352 e. The lowest BCUT2D eigenvalue weighted by molar-refractivity contribution is -0.123. The highest BCUT2D eigenvalue weighted by molar-refractivity contribution is 6.29. The Morgan fingerprint density at radius 2 is 1.92 bits per heavy atom. The molecule has 1 saturated carbocycles. The number of rotatable bonds is 3. The number of hydrogen-bond acceptors (Lipinski definition) is 4. The zero-order valence-electron chi connectivity index (χ0n) is 15.5. The number of aromatic nitrogens is 4. The summed E-state index contributed by atoms with van der Waals surface area (Å²) in [5.41, 5.74) is -0.677. The number of nitrogens with one attached hydrogen (secondary N) is 1. The Bertz CT molecular complexity index is 973. The van der Waals surface area contributed by atoms with E-state index in [9.17, 15) is 14.4 Å². The van der Waals surface area contributed by atoms with E-state index < -0.39 is 11.2 Å². The summed E-state index contributed by atoms with van der Waals surface area (Å²) in [6.45, 7) is 4.24. The van der Waals surface area contributed by atoms with Crippen molar-refractivity contribution in [1.29, 1.82) is 0 Å². The summed E-state index contributed by atoms with van der Waals surface area (Å²) >= 11 is 6.16. The standard InChI is InChI=1S/C17H24ClN5O3/c1-9-6-5-7-11(10(9)2)19-12(24)8-23-13-14(20-16(23)18)21(3)17(26)22(4)15(13)25/h9-11H,5-8H2,1-4H3,(H,19,24)/t9-,10+,11+/m0/s1. The molecular formula is C17H24ClN5O3. The van der Waals surface area contributed by atoms with Crippen molar-refractivity contribution in [2.24, 2.45) is 25.9 Å². The fourth-order valence-electron chi connectivity index (χ4n) is 3.75. The average Bonchev–Trinajstić information content (AvgIpc) is 2.92. The van der Waals surface area contributed by atoms with E-state index >= 15 is 0 Å². The summed E-state index contributed by atoms with van der Waals surface area (Å²) < 4.78 is 3.60. The quantitative estimate of drug-likeness (QED) is 0.804. The van der Waals surface area contributed by atoms with Crippen LogP contribution >= 0.6 is 11.6 Å². The second-order valence-corrected chi connectivity index (χ2v) is 7.62. The molecule has 0 aromatic carbocycles. The average molecular weight is 382 g/mol. The van der Waals surface area contributed by atoms with Crippen LogP contribution in [0.2, 0.25) is 5.28 Å². The van der Waals surface area contributed by atoms with Crippen molar-refractivity contribution in [3.05, 3.63) is 26.1 Å². The number of carbonyl (C=O) groups excluding carboxylic acids is 1. The number of fused-ring (bicyclic) bond motifs is 1. The molecule has 2 aromatic heterocycles. The van der Waals surface area contributed by atoms with Gasteiger partial charge in [-0.25, -0.2) is 4.79 Å².